The molecule has 0 aliphatic rings. The highest BCUT2D eigenvalue weighted by molar-refractivity contribution is 9.10. The first-order valence-corrected chi connectivity index (χ1v) is 5.61. The van der Waals surface area contributed by atoms with Crippen LogP contribution in [0.3, 0.4) is 0 Å². The number of carboxylic acids is 1. The van der Waals surface area contributed by atoms with Gasteiger partial charge in [0.15, 0.2) is 0 Å². The highest BCUT2D eigenvalue weighted by Crippen LogP contribution is 2.06. The Bertz CT molecular complexity index is 338. The molecule has 0 saturated heterocycles. The van der Waals surface area contributed by atoms with E-state index in [9.17, 15) is 9.00 Å². The topological polar surface area (TPSA) is 72.2 Å². The number of nitrogens with zero attached hydrogens (tertiary/aromatic N) is 2. The van der Waals surface area contributed by atoms with E-state index in [0.717, 1.165) is 4.47 Å². The molecule has 0 amide bonds. The molecular formula is C6H7BrN2O3S. The molecule has 13 heavy (non-hydrogen) atoms. The van der Waals surface area contributed by atoms with Crippen molar-refractivity contribution in [3.05, 3.63) is 16.9 Å². The number of hydrogen-bond acceptors (Lipinski definition) is 3. The van der Waals surface area contributed by atoms with Gasteiger partial charge in [0.05, 0.1) is 21.5 Å². The normalized spacial score (nSPS) is 12.7. The summed E-state index contributed by atoms with van der Waals surface area (Å²) in [7, 11) is -1.41. The van der Waals surface area contributed by atoms with Gasteiger partial charge in [-0.1, -0.05) is 0 Å². The summed E-state index contributed by atoms with van der Waals surface area (Å²) in [6.07, 6.45) is 3.19. The van der Waals surface area contributed by atoms with Crippen LogP contribution in [0.15, 0.2) is 16.9 Å². The summed E-state index contributed by atoms with van der Waals surface area (Å²) in [6.45, 7) is 0. The summed E-state index contributed by atoms with van der Waals surface area (Å²) in [5.74, 6) is -1.31. The molecule has 5 nitrogen and oxygen atoms in total. The van der Waals surface area contributed by atoms with Gasteiger partial charge < -0.3 is 5.11 Å². The summed E-state index contributed by atoms with van der Waals surface area (Å²) in [4.78, 5) is 10.2. The summed E-state index contributed by atoms with van der Waals surface area (Å²) >= 11 is 3.17. The molecule has 0 bridgehead atoms. The number of aliphatic carboxylic acids is 1. The minimum atomic E-state index is -1.41. The molecular weight excluding hydrogens is 260 g/mol. The van der Waals surface area contributed by atoms with Gasteiger partial charge in [-0.25, -0.2) is 0 Å². The largest absolute Gasteiger partial charge is 0.481 e. The smallest absolute Gasteiger partial charge is 0.316 e. The second kappa shape index (κ2) is 4.52. The fourth-order valence-corrected chi connectivity index (χ4v) is 1.87. The van der Waals surface area contributed by atoms with E-state index in [4.69, 9.17) is 5.11 Å². The van der Waals surface area contributed by atoms with Gasteiger partial charge >= 0.3 is 5.97 Å². The van der Waals surface area contributed by atoms with Crippen molar-refractivity contribution in [1.29, 1.82) is 0 Å². The third-order valence-corrected chi connectivity index (χ3v) is 2.69. The predicted octanol–water partition coefficient (Wildman–Crippen LogP) is 0.436. The van der Waals surface area contributed by atoms with E-state index in [0.29, 0.717) is 0 Å². The molecule has 0 aliphatic carbocycles. The first-order chi connectivity index (χ1) is 6.08. The number of carboxylic acid groups (broad SMARTS) is 1. The first kappa shape index (κ1) is 10.4. The molecule has 7 heteroatoms. The monoisotopic (exact) mass is 266 g/mol. The van der Waals surface area contributed by atoms with Gasteiger partial charge in [0, 0.05) is 6.20 Å². The van der Waals surface area contributed by atoms with E-state index in [1.54, 1.807) is 12.4 Å². The molecule has 1 heterocycles. The maximum absolute atomic E-state index is 11.1. The van der Waals surface area contributed by atoms with Crippen LogP contribution in [0, 0.1) is 0 Å². The first-order valence-electron chi connectivity index (χ1n) is 3.32. The lowest BCUT2D eigenvalue weighted by atomic mass is 10.8. The lowest BCUT2D eigenvalue weighted by molar-refractivity contribution is -0.133. The van der Waals surface area contributed by atoms with E-state index in [1.165, 1.54) is 4.68 Å². The Morgan fingerprint density at radius 1 is 1.77 bits per heavy atom. The number of aromatic nitrogens is 2. The Hall–Kier alpha value is -0.690. The van der Waals surface area contributed by atoms with Crippen LogP contribution < -0.4 is 0 Å². The highest BCUT2D eigenvalue weighted by atomic mass is 79.9. The van der Waals surface area contributed by atoms with Gasteiger partial charge in [0.1, 0.15) is 11.6 Å². The number of hydrogen-bond donors (Lipinski definition) is 1. The van der Waals surface area contributed by atoms with Crippen molar-refractivity contribution in [2.24, 2.45) is 0 Å². The van der Waals surface area contributed by atoms with Gasteiger partial charge in [-0.2, -0.15) is 5.10 Å². The van der Waals surface area contributed by atoms with E-state index in [2.05, 4.69) is 21.0 Å². The lowest BCUT2D eigenvalue weighted by Gasteiger charge is -1.98. The van der Waals surface area contributed by atoms with Gasteiger partial charge in [0.2, 0.25) is 0 Å². The van der Waals surface area contributed by atoms with E-state index >= 15 is 0 Å². The van der Waals surface area contributed by atoms with Crippen molar-refractivity contribution in [2.45, 2.75) is 5.88 Å². The van der Waals surface area contributed by atoms with Crippen molar-refractivity contribution >= 4 is 32.7 Å². The van der Waals surface area contributed by atoms with Crippen LogP contribution in [0.5, 0.6) is 0 Å². The van der Waals surface area contributed by atoms with Crippen LogP contribution in [0.2, 0.25) is 0 Å². The summed E-state index contributed by atoms with van der Waals surface area (Å²) < 4.78 is 13.3. The van der Waals surface area contributed by atoms with Gasteiger partial charge in [-0.05, 0) is 15.9 Å². The number of carbonyl (C=O) groups is 1. The molecule has 0 aliphatic heterocycles. The van der Waals surface area contributed by atoms with Gasteiger partial charge in [0.25, 0.3) is 0 Å². The Morgan fingerprint density at radius 2 is 2.46 bits per heavy atom. The average molecular weight is 267 g/mol. The SMILES string of the molecule is O=C(O)CS(=O)Cn1cc(Br)cn1. The van der Waals surface area contributed by atoms with Gasteiger partial charge in [-0.3, -0.25) is 13.7 Å². The summed E-state index contributed by atoms with van der Waals surface area (Å²) in [5.41, 5.74) is 0. The fraction of sp³-hybridized carbons (Fsp3) is 0.333. The maximum atomic E-state index is 11.1. The Kier molecular flexibility index (Phi) is 3.61. The zero-order valence-electron chi connectivity index (χ0n) is 6.51. The van der Waals surface area contributed by atoms with Crippen LogP contribution >= 0.6 is 15.9 Å². The molecule has 1 unspecified atom stereocenters. The van der Waals surface area contributed by atoms with Crippen LogP contribution in [0.1, 0.15) is 0 Å². The molecule has 1 N–H and O–H groups in total. The molecule has 0 radical (unpaired) electrons. The Labute approximate surface area is 85.3 Å². The quantitative estimate of drug-likeness (QED) is 0.859. The van der Waals surface area contributed by atoms with Crippen molar-refractivity contribution < 1.29 is 14.1 Å². The molecule has 1 rings (SSSR count). The van der Waals surface area contributed by atoms with Crippen molar-refractivity contribution in [3.63, 3.8) is 0 Å². The molecule has 1 aromatic rings. The van der Waals surface area contributed by atoms with Crippen LogP contribution in [0.25, 0.3) is 0 Å². The number of halogens is 1. The lowest BCUT2D eigenvalue weighted by Crippen LogP contribution is -2.14. The fourth-order valence-electron chi connectivity index (χ4n) is 0.740. The summed E-state index contributed by atoms with van der Waals surface area (Å²) in [6, 6.07) is 0. The second-order valence-corrected chi connectivity index (χ2v) is 4.65. The van der Waals surface area contributed by atoms with Gasteiger partial charge in [-0.15, -0.1) is 0 Å². The van der Waals surface area contributed by atoms with Crippen LogP contribution in [-0.4, -0.2) is 30.8 Å². The molecule has 72 valence electrons. The van der Waals surface area contributed by atoms with Crippen molar-refractivity contribution in [1.82, 2.24) is 9.78 Å². The van der Waals surface area contributed by atoms with Crippen molar-refractivity contribution in [3.8, 4) is 0 Å². The zero-order chi connectivity index (χ0) is 9.84. The molecule has 0 saturated carbocycles. The molecule has 1 atom stereocenters. The number of rotatable bonds is 4. The Morgan fingerprint density at radius 3 is 2.92 bits per heavy atom. The van der Waals surface area contributed by atoms with E-state index < -0.39 is 16.8 Å². The third kappa shape index (κ3) is 3.69. The minimum absolute atomic E-state index is 0.109. The third-order valence-electron chi connectivity index (χ3n) is 1.16. The molecule has 1 aromatic heterocycles. The predicted molar refractivity (Wildman–Crippen MR) is 50.6 cm³/mol. The van der Waals surface area contributed by atoms with E-state index in [1.807, 2.05) is 0 Å². The second-order valence-electron chi connectivity index (χ2n) is 2.31. The average Bonchev–Trinajstić information content (AvgIpc) is 2.33. The highest BCUT2D eigenvalue weighted by Gasteiger charge is 2.06. The van der Waals surface area contributed by atoms with E-state index in [-0.39, 0.29) is 11.6 Å². The molecule has 0 aromatic carbocycles. The maximum Gasteiger partial charge on any atom is 0.316 e. The summed E-state index contributed by atoms with van der Waals surface area (Å²) in [5, 5.41) is 12.2. The zero-order valence-corrected chi connectivity index (χ0v) is 8.92. The van der Waals surface area contributed by atoms with Crippen LogP contribution in [0.4, 0.5) is 0 Å². The molecule has 0 spiro atoms. The standard InChI is InChI=1S/C6H7BrN2O3S/c7-5-1-8-9(2-5)4-13(12)3-6(10)11/h1-2H,3-4H2,(H,10,11). The van der Waals surface area contributed by atoms with Crippen molar-refractivity contribution in [2.75, 3.05) is 5.75 Å². The molecule has 0 fully saturated rings. The Balaban J connectivity index is 2.50. The minimum Gasteiger partial charge on any atom is -0.481 e. The van der Waals surface area contributed by atoms with Crippen LogP contribution in [-0.2, 0) is 21.5 Å².